The molecule has 0 bridgehead atoms. The van der Waals surface area contributed by atoms with Gasteiger partial charge < -0.3 is 9.84 Å². The lowest BCUT2D eigenvalue weighted by Crippen LogP contribution is -2.22. The molecule has 1 aliphatic rings. The van der Waals surface area contributed by atoms with E-state index in [1.165, 1.54) is 5.56 Å². The molecule has 1 N–H and O–H groups in total. The van der Waals surface area contributed by atoms with Crippen molar-refractivity contribution in [2.24, 2.45) is 0 Å². The molecular formula is C17H26O2. The number of benzene rings is 1. The molecule has 0 saturated heterocycles. The van der Waals surface area contributed by atoms with Crippen molar-refractivity contribution in [3.63, 3.8) is 0 Å². The molecule has 0 spiro atoms. The molecule has 0 aliphatic carbocycles. The van der Waals surface area contributed by atoms with Crippen molar-refractivity contribution in [1.82, 2.24) is 0 Å². The van der Waals surface area contributed by atoms with Gasteiger partial charge >= 0.3 is 0 Å². The number of hydrogen-bond donors (Lipinski definition) is 1. The Morgan fingerprint density at radius 2 is 1.68 bits per heavy atom. The molecule has 1 aliphatic heterocycles. The third-order valence-electron chi connectivity index (χ3n) is 4.13. The highest BCUT2D eigenvalue weighted by Gasteiger charge is 2.28. The van der Waals surface area contributed by atoms with Crippen LogP contribution in [0.1, 0.15) is 75.1 Å². The van der Waals surface area contributed by atoms with E-state index >= 15 is 0 Å². The number of phenols is 1. The van der Waals surface area contributed by atoms with Gasteiger partial charge in [0, 0.05) is 16.7 Å². The van der Waals surface area contributed by atoms with Gasteiger partial charge in [0.1, 0.15) is 11.5 Å². The minimum atomic E-state index is 0.274. The van der Waals surface area contributed by atoms with Crippen LogP contribution in [-0.2, 0) is 6.42 Å². The summed E-state index contributed by atoms with van der Waals surface area (Å²) in [5, 5.41) is 10.7. The Morgan fingerprint density at radius 3 is 2.21 bits per heavy atom. The number of phenolic OH excluding ortho intramolecular Hbond substituents is 1. The van der Waals surface area contributed by atoms with Gasteiger partial charge in [0.15, 0.2) is 0 Å². The fourth-order valence-electron chi connectivity index (χ4n) is 3.28. The molecule has 2 nitrogen and oxygen atoms in total. The SMILES string of the molecule is Cc1c2c(c(C(C)C)c(O)c1C(C)C)CCC(C)O2. The standard InChI is InChI=1S/C17H26O2/c1-9(2)14-12(6)17-13(8-7-11(5)19-17)15(10(3)4)16(14)18/h9-11,18H,7-8H2,1-6H3. The van der Waals surface area contributed by atoms with Crippen molar-refractivity contribution in [1.29, 1.82) is 0 Å². The predicted molar refractivity (Wildman–Crippen MR) is 79.4 cm³/mol. The summed E-state index contributed by atoms with van der Waals surface area (Å²) in [5.41, 5.74) is 4.50. The van der Waals surface area contributed by atoms with E-state index in [4.69, 9.17) is 4.74 Å². The van der Waals surface area contributed by atoms with Crippen molar-refractivity contribution < 1.29 is 9.84 Å². The fourth-order valence-corrected chi connectivity index (χ4v) is 3.28. The molecule has 19 heavy (non-hydrogen) atoms. The Labute approximate surface area is 116 Å². The summed E-state index contributed by atoms with van der Waals surface area (Å²) >= 11 is 0. The zero-order valence-electron chi connectivity index (χ0n) is 13.0. The van der Waals surface area contributed by atoms with Gasteiger partial charge in [0.2, 0.25) is 0 Å². The first-order valence-electron chi connectivity index (χ1n) is 7.39. The first-order valence-corrected chi connectivity index (χ1v) is 7.39. The monoisotopic (exact) mass is 262 g/mol. The number of hydrogen-bond acceptors (Lipinski definition) is 2. The summed E-state index contributed by atoms with van der Waals surface area (Å²) in [5.74, 6) is 2.16. The van der Waals surface area contributed by atoms with E-state index in [0.29, 0.717) is 17.6 Å². The van der Waals surface area contributed by atoms with E-state index < -0.39 is 0 Å². The highest BCUT2D eigenvalue weighted by Crippen LogP contribution is 2.46. The van der Waals surface area contributed by atoms with Gasteiger partial charge in [-0.2, -0.15) is 0 Å². The van der Waals surface area contributed by atoms with Crippen LogP contribution in [0.2, 0.25) is 0 Å². The first-order chi connectivity index (χ1) is 8.84. The van der Waals surface area contributed by atoms with Crippen molar-refractivity contribution in [2.45, 2.75) is 72.3 Å². The molecule has 0 saturated carbocycles. The number of aromatic hydroxyl groups is 1. The molecule has 2 heteroatoms. The average molecular weight is 262 g/mol. The number of rotatable bonds is 2. The Kier molecular flexibility index (Phi) is 3.80. The van der Waals surface area contributed by atoms with E-state index in [-0.39, 0.29) is 6.10 Å². The molecule has 0 radical (unpaired) electrons. The van der Waals surface area contributed by atoms with Gasteiger partial charge in [0.25, 0.3) is 0 Å². The molecule has 1 aromatic rings. The second-order valence-corrected chi connectivity index (χ2v) is 6.39. The molecule has 1 heterocycles. The summed E-state index contributed by atoms with van der Waals surface area (Å²) in [7, 11) is 0. The Bertz CT molecular complexity index is 487. The van der Waals surface area contributed by atoms with Crippen LogP contribution < -0.4 is 4.74 Å². The maximum Gasteiger partial charge on any atom is 0.126 e. The van der Waals surface area contributed by atoms with Crippen molar-refractivity contribution >= 4 is 0 Å². The van der Waals surface area contributed by atoms with Crippen LogP contribution in [0.3, 0.4) is 0 Å². The van der Waals surface area contributed by atoms with Gasteiger partial charge in [-0.1, -0.05) is 27.7 Å². The second-order valence-electron chi connectivity index (χ2n) is 6.39. The van der Waals surface area contributed by atoms with Crippen molar-refractivity contribution in [2.75, 3.05) is 0 Å². The third kappa shape index (κ3) is 2.33. The zero-order valence-corrected chi connectivity index (χ0v) is 13.0. The Hall–Kier alpha value is -1.18. The zero-order chi connectivity index (χ0) is 14.3. The summed E-state index contributed by atoms with van der Waals surface area (Å²) in [6.45, 7) is 12.8. The summed E-state index contributed by atoms with van der Waals surface area (Å²) in [6, 6.07) is 0. The van der Waals surface area contributed by atoms with Gasteiger partial charge in [0.05, 0.1) is 6.10 Å². The molecule has 106 valence electrons. The molecule has 1 atom stereocenters. The first kappa shape index (κ1) is 14.2. The van der Waals surface area contributed by atoms with Gasteiger partial charge in [-0.3, -0.25) is 0 Å². The van der Waals surface area contributed by atoms with Crippen LogP contribution in [0.5, 0.6) is 11.5 Å². The fraction of sp³-hybridized carbons (Fsp3) is 0.647. The van der Waals surface area contributed by atoms with Crippen LogP contribution in [0, 0.1) is 6.92 Å². The molecule has 1 unspecified atom stereocenters. The minimum absolute atomic E-state index is 0.274. The lowest BCUT2D eigenvalue weighted by Gasteiger charge is -2.31. The largest absolute Gasteiger partial charge is 0.507 e. The van der Waals surface area contributed by atoms with Gasteiger partial charge in [-0.25, -0.2) is 0 Å². The average Bonchev–Trinajstić information content (AvgIpc) is 2.29. The topological polar surface area (TPSA) is 29.5 Å². The summed E-state index contributed by atoms with van der Waals surface area (Å²) < 4.78 is 6.09. The minimum Gasteiger partial charge on any atom is -0.507 e. The quantitative estimate of drug-likeness (QED) is 0.840. The molecule has 1 aromatic carbocycles. The van der Waals surface area contributed by atoms with E-state index in [1.807, 2.05) is 0 Å². The highest BCUT2D eigenvalue weighted by molar-refractivity contribution is 5.61. The van der Waals surface area contributed by atoms with E-state index in [9.17, 15) is 5.11 Å². The van der Waals surface area contributed by atoms with Gasteiger partial charge in [-0.15, -0.1) is 0 Å². The summed E-state index contributed by atoms with van der Waals surface area (Å²) in [4.78, 5) is 0. The van der Waals surface area contributed by atoms with Crippen LogP contribution in [0.15, 0.2) is 0 Å². The Morgan fingerprint density at radius 1 is 1.11 bits per heavy atom. The third-order valence-corrected chi connectivity index (χ3v) is 4.13. The molecule has 0 fully saturated rings. The van der Waals surface area contributed by atoms with Gasteiger partial charge in [-0.05, 0) is 44.1 Å². The number of fused-ring (bicyclic) bond motifs is 1. The van der Waals surface area contributed by atoms with Crippen molar-refractivity contribution in [3.05, 3.63) is 22.3 Å². The smallest absolute Gasteiger partial charge is 0.126 e. The molecular weight excluding hydrogens is 236 g/mol. The highest BCUT2D eigenvalue weighted by atomic mass is 16.5. The van der Waals surface area contributed by atoms with Crippen LogP contribution in [0.25, 0.3) is 0 Å². The van der Waals surface area contributed by atoms with Crippen molar-refractivity contribution in [3.8, 4) is 11.5 Å². The maximum atomic E-state index is 10.7. The second kappa shape index (κ2) is 5.07. The molecule has 2 rings (SSSR count). The Balaban J connectivity index is 2.74. The van der Waals surface area contributed by atoms with Crippen LogP contribution in [0.4, 0.5) is 0 Å². The van der Waals surface area contributed by atoms with E-state index in [2.05, 4.69) is 41.5 Å². The summed E-state index contributed by atoms with van der Waals surface area (Å²) in [6.07, 6.45) is 2.32. The lowest BCUT2D eigenvalue weighted by atomic mass is 9.83. The van der Waals surface area contributed by atoms with Crippen LogP contribution >= 0.6 is 0 Å². The molecule has 0 amide bonds. The predicted octanol–water partition coefficient (Wildman–Crippen LogP) is 4.66. The number of ether oxygens (including phenoxy) is 1. The van der Waals surface area contributed by atoms with E-state index in [0.717, 1.165) is 35.3 Å². The van der Waals surface area contributed by atoms with E-state index in [1.54, 1.807) is 0 Å². The maximum absolute atomic E-state index is 10.7. The van der Waals surface area contributed by atoms with Crippen LogP contribution in [-0.4, -0.2) is 11.2 Å². The molecule has 0 aromatic heterocycles. The normalized spacial score (nSPS) is 18.6. The lowest BCUT2D eigenvalue weighted by molar-refractivity contribution is 0.189.